The van der Waals surface area contributed by atoms with E-state index in [-0.39, 0.29) is 21.1 Å². The molecule has 0 radical (unpaired) electrons. The smallest absolute Gasteiger partial charge is 0 e. The Hall–Kier alpha value is -1.52. The van der Waals surface area contributed by atoms with Crippen molar-refractivity contribution in [1.29, 1.82) is 0 Å². The van der Waals surface area contributed by atoms with E-state index in [9.17, 15) is 0 Å². The van der Waals surface area contributed by atoms with Crippen molar-refractivity contribution < 1.29 is 21.1 Å². The van der Waals surface area contributed by atoms with E-state index >= 15 is 0 Å². The summed E-state index contributed by atoms with van der Waals surface area (Å²) in [5.74, 6) is 0. The first kappa shape index (κ1) is 20.8. The summed E-state index contributed by atoms with van der Waals surface area (Å²) in [5, 5.41) is 0. The van der Waals surface area contributed by atoms with Crippen LogP contribution in [0.5, 0.6) is 0 Å². The predicted molar refractivity (Wildman–Crippen MR) is 84.5 cm³/mol. The van der Waals surface area contributed by atoms with Gasteiger partial charge in [0.05, 0.1) is 0 Å². The van der Waals surface area contributed by atoms with Gasteiger partial charge in [-0.2, -0.15) is 72.8 Å². The molecule has 0 heterocycles. The van der Waals surface area contributed by atoms with Crippen LogP contribution in [0.4, 0.5) is 0 Å². The quantitative estimate of drug-likeness (QED) is 0.435. The number of hydrogen-bond acceptors (Lipinski definition) is 0. The molecule has 0 aliphatic rings. The van der Waals surface area contributed by atoms with E-state index in [4.69, 9.17) is 0 Å². The van der Waals surface area contributed by atoms with Crippen molar-refractivity contribution in [3.05, 3.63) is 104 Å². The van der Waals surface area contributed by atoms with Gasteiger partial charge in [0.2, 0.25) is 0 Å². The van der Waals surface area contributed by atoms with E-state index < -0.39 is 0 Å². The molecular formula is C19H21Pt-3. The van der Waals surface area contributed by atoms with Crippen LogP contribution in [0.1, 0.15) is 13.3 Å². The van der Waals surface area contributed by atoms with Crippen LogP contribution in [-0.2, 0) is 21.1 Å². The molecular weight excluding hydrogens is 423 g/mol. The van der Waals surface area contributed by atoms with E-state index in [0.717, 1.165) is 6.42 Å². The molecule has 0 bridgehead atoms. The second-order valence-corrected chi connectivity index (χ2v) is 3.43. The molecule has 20 heavy (non-hydrogen) atoms. The molecule has 0 aliphatic carbocycles. The Labute approximate surface area is 138 Å². The number of rotatable bonds is 2. The van der Waals surface area contributed by atoms with Crippen LogP contribution >= 0.6 is 0 Å². The second-order valence-electron chi connectivity index (χ2n) is 3.43. The first-order chi connectivity index (χ1) is 9.41. The zero-order valence-electron chi connectivity index (χ0n) is 11.8. The molecule has 1 heteroatoms. The molecule has 0 fully saturated rings. The van der Waals surface area contributed by atoms with Crippen molar-refractivity contribution in [3.8, 4) is 0 Å². The van der Waals surface area contributed by atoms with Crippen LogP contribution in [0.25, 0.3) is 0 Å². The fourth-order valence-corrected chi connectivity index (χ4v) is 0.995. The van der Waals surface area contributed by atoms with Gasteiger partial charge in [-0.15, -0.1) is 6.08 Å². The van der Waals surface area contributed by atoms with Crippen molar-refractivity contribution >= 4 is 0 Å². The molecule has 0 amide bonds. The fraction of sp³-hybridized carbons (Fsp3) is 0.105. The van der Waals surface area contributed by atoms with Gasteiger partial charge >= 0.3 is 0 Å². The number of hydrogen-bond donors (Lipinski definition) is 0. The molecule has 0 atom stereocenters. The van der Waals surface area contributed by atoms with E-state index in [1.165, 1.54) is 0 Å². The average Bonchev–Trinajstić information content (AvgIpc) is 2.53. The fourth-order valence-electron chi connectivity index (χ4n) is 0.995. The van der Waals surface area contributed by atoms with Crippen molar-refractivity contribution in [2.75, 3.05) is 0 Å². The monoisotopic (exact) mass is 444 g/mol. The van der Waals surface area contributed by atoms with Gasteiger partial charge in [0.1, 0.15) is 0 Å². The average molecular weight is 444 g/mol. The molecule has 0 aliphatic heterocycles. The van der Waals surface area contributed by atoms with Crippen LogP contribution in [0, 0.1) is 19.1 Å². The Morgan fingerprint density at radius 2 is 1.25 bits per heavy atom. The third kappa shape index (κ3) is 18.8. The van der Waals surface area contributed by atoms with Gasteiger partial charge in [0.25, 0.3) is 0 Å². The summed E-state index contributed by atoms with van der Waals surface area (Å²) in [4.78, 5) is 0. The molecule has 2 rings (SSSR count). The number of allylic oxidation sites excluding steroid dienone is 4. The molecule has 0 unspecified atom stereocenters. The maximum atomic E-state index is 3.54. The van der Waals surface area contributed by atoms with Gasteiger partial charge < -0.3 is 0 Å². The maximum absolute atomic E-state index is 3.54. The summed E-state index contributed by atoms with van der Waals surface area (Å²) in [5.41, 5.74) is 0. The van der Waals surface area contributed by atoms with Crippen molar-refractivity contribution in [2.24, 2.45) is 0 Å². The summed E-state index contributed by atoms with van der Waals surface area (Å²) >= 11 is 0. The molecule has 110 valence electrons. The normalized spacial score (nSPS) is 8.85. The summed E-state index contributed by atoms with van der Waals surface area (Å²) in [7, 11) is 0. The summed E-state index contributed by atoms with van der Waals surface area (Å²) in [6.45, 7) is 5.55. The van der Waals surface area contributed by atoms with Gasteiger partial charge in [-0.25, -0.2) is 19.1 Å². The maximum Gasteiger partial charge on any atom is 0 e. The zero-order chi connectivity index (χ0) is 14.0. The van der Waals surface area contributed by atoms with Crippen LogP contribution in [0.3, 0.4) is 0 Å². The Balaban J connectivity index is 0. The molecule has 0 saturated carbocycles. The van der Waals surface area contributed by atoms with Gasteiger partial charge in [-0.1, -0.05) is 12.5 Å². The molecule has 2 aromatic carbocycles. The van der Waals surface area contributed by atoms with Crippen molar-refractivity contribution in [1.82, 2.24) is 0 Å². The molecule has 2 aromatic rings. The molecule has 0 saturated heterocycles. The third-order valence-corrected chi connectivity index (χ3v) is 1.89. The van der Waals surface area contributed by atoms with Crippen LogP contribution in [-0.4, -0.2) is 0 Å². The van der Waals surface area contributed by atoms with E-state index in [2.05, 4.69) is 25.1 Å². The van der Waals surface area contributed by atoms with Crippen molar-refractivity contribution in [2.45, 2.75) is 13.3 Å². The van der Waals surface area contributed by atoms with Gasteiger partial charge in [0.15, 0.2) is 0 Å². The minimum atomic E-state index is 0. The van der Waals surface area contributed by atoms with E-state index in [1.54, 1.807) is 6.08 Å². The predicted octanol–water partition coefficient (Wildman–Crippen LogP) is 5.31. The topological polar surface area (TPSA) is 0 Å². The SMILES string of the molecule is [CH2-]C=CCC=CC.[Pt].[c-]1ccccc1.[c-]1ccccc1. The molecule has 0 spiro atoms. The summed E-state index contributed by atoms with van der Waals surface area (Å²) in [6.07, 6.45) is 8.95. The Bertz CT molecular complexity index is 309. The minimum absolute atomic E-state index is 0. The second kappa shape index (κ2) is 19.8. The minimum Gasteiger partial charge on any atom is -0.245 e. The number of benzene rings is 2. The summed E-state index contributed by atoms with van der Waals surface area (Å²) < 4.78 is 0. The van der Waals surface area contributed by atoms with Crippen molar-refractivity contribution in [3.63, 3.8) is 0 Å². The standard InChI is InChI=1S/C7H11.2C6H5.Pt/c1-3-5-7-6-4-2;2*1-2-4-6-5-3-1;/h3-6H,1,7H2,2H3;2*1-5H;/q3*-1;. The van der Waals surface area contributed by atoms with Gasteiger partial charge in [-0.3, -0.25) is 0 Å². The third-order valence-electron chi connectivity index (χ3n) is 1.89. The first-order valence-corrected chi connectivity index (χ1v) is 6.29. The van der Waals surface area contributed by atoms with Crippen LogP contribution in [0.15, 0.2) is 85.0 Å². The van der Waals surface area contributed by atoms with E-state index in [0.29, 0.717) is 0 Å². The Morgan fingerprint density at radius 3 is 1.45 bits per heavy atom. The van der Waals surface area contributed by atoms with Crippen LogP contribution in [0.2, 0.25) is 0 Å². The Kier molecular flexibility index (Phi) is 20.6. The molecule has 0 nitrogen and oxygen atoms in total. The largest absolute Gasteiger partial charge is 0.245 e. The van der Waals surface area contributed by atoms with Gasteiger partial charge in [0, 0.05) is 21.1 Å². The van der Waals surface area contributed by atoms with Crippen LogP contribution < -0.4 is 0 Å². The Morgan fingerprint density at radius 1 is 0.800 bits per heavy atom. The van der Waals surface area contributed by atoms with E-state index in [1.807, 2.05) is 79.7 Å². The van der Waals surface area contributed by atoms with Gasteiger partial charge in [-0.05, 0) is 6.92 Å². The molecule has 0 N–H and O–H groups in total. The summed E-state index contributed by atoms with van der Waals surface area (Å²) in [6, 6.07) is 25.0. The first-order valence-electron chi connectivity index (χ1n) is 6.29. The molecule has 0 aromatic heterocycles. The zero-order valence-corrected chi connectivity index (χ0v) is 14.1.